The van der Waals surface area contributed by atoms with Crippen molar-refractivity contribution in [3.8, 4) is 0 Å². The third kappa shape index (κ3) is 2.60. The molecule has 0 saturated heterocycles. The minimum Gasteiger partial charge on any atom is -0.347 e. The van der Waals surface area contributed by atoms with Gasteiger partial charge in [0.2, 0.25) is 9.84 Å². The number of aromatic nitrogens is 2. The normalized spacial score (nSPS) is 12.0. The van der Waals surface area contributed by atoms with Crippen LogP contribution < -0.4 is 0 Å². The van der Waals surface area contributed by atoms with Crippen molar-refractivity contribution < 1.29 is 8.42 Å². The summed E-state index contributed by atoms with van der Waals surface area (Å²) in [5.41, 5.74) is 0.611. The smallest absolute Gasteiger partial charge is 0.225 e. The van der Waals surface area contributed by atoms with Crippen molar-refractivity contribution in [2.45, 2.75) is 9.92 Å². The van der Waals surface area contributed by atoms with E-state index in [1.807, 2.05) is 6.07 Å². The van der Waals surface area contributed by atoms with E-state index < -0.39 is 9.84 Å². The number of benzene rings is 1. The quantitative estimate of drug-likeness (QED) is 0.421. The van der Waals surface area contributed by atoms with E-state index in [0.29, 0.717) is 15.4 Å². The highest BCUT2D eigenvalue weighted by Gasteiger charge is 2.25. The van der Waals surface area contributed by atoms with Gasteiger partial charge in [-0.25, -0.2) is 13.4 Å². The van der Waals surface area contributed by atoms with Crippen molar-refractivity contribution in [1.29, 1.82) is 0 Å². The molecular formula is C13H7BrClIN2O2S. The van der Waals surface area contributed by atoms with Gasteiger partial charge >= 0.3 is 0 Å². The van der Waals surface area contributed by atoms with Crippen molar-refractivity contribution in [3.05, 3.63) is 49.7 Å². The van der Waals surface area contributed by atoms with E-state index in [1.54, 1.807) is 18.2 Å². The number of aromatic amines is 1. The van der Waals surface area contributed by atoms with Gasteiger partial charge in [-0.2, -0.15) is 0 Å². The molecule has 3 rings (SSSR count). The summed E-state index contributed by atoms with van der Waals surface area (Å²) in [6, 6.07) is 9.97. The van der Waals surface area contributed by atoms with Gasteiger partial charge in [0.05, 0.1) is 18.6 Å². The maximum atomic E-state index is 12.7. The van der Waals surface area contributed by atoms with E-state index >= 15 is 0 Å². The second-order valence-corrected chi connectivity index (χ2v) is 8.42. The average Bonchev–Trinajstić information content (AvgIpc) is 2.86. The predicted molar refractivity (Wildman–Crippen MR) is 93.4 cm³/mol. The Balaban J connectivity index is 2.33. The highest BCUT2D eigenvalue weighted by Crippen LogP contribution is 2.36. The molecule has 1 aromatic carbocycles. The van der Waals surface area contributed by atoms with Crippen LogP contribution in [-0.2, 0) is 9.84 Å². The number of rotatable bonds is 2. The topological polar surface area (TPSA) is 62.8 Å². The standard InChI is InChI=1S/C13H7BrClIN2O2S/c14-10-8-6-9(16)17-11(8)12(15)18-13(10)21(19,20)7-4-2-1-3-5-7/h1-6,17H. The highest BCUT2D eigenvalue weighted by atomic mass is 127. The lowest BCUT2D eigenvalue weighted by Crippen LogP contribution is -2.06. The number of halogens is 3. The highest BCUT2D eigenvalue weighted by molar-refractivity contribution is 14.1. The van der Waals surface area contributed by atoms with E-state index in [4.69, 9.17) is 11.6 Å². The van der Waals surface area contributed by atoms with Crippen LogP contribution in [-0.4, -0.2) is 18.4 Å². The molecule has 4 nitrogen and oxygen atoms in total. The number of hydrogen-bond acceptors (Lipinski definition) is 3. The first kappa shape index (κ1) is 15.3. The fourth-order valence-electron chi connectivity index (χ4n) is 1.96. The van der Waals surface area contributed by atoms with Crippen LogP contribution in [0, 0.1) is 3.70 Å². The Bertz CT molecular complexity index is 942. The van der Waals surface area contributed by atoms with Gasteiger partial charge in [0.25, 0.3) is 0 Å². The third-order valence-electron chi connectivity index (χ3n) is 2.92. The molecule has 0 fully saturated rings. The number of H-pyrrole nitrogens is 1. The molecule has 8 heteroatoms. The van der Waals surface area contributed by atoms with Gasteiger partial charge < -0.3 is 4.98 Å². The Morgan fingerprint density at radius 1 is 1.24 bits per heavy atom. The molecule has 0 atom stereocenters. The first-order valence-electron chi connectivity index (χ1n) is 5.74. The van der Waals surface area contributed by atoms with Crippen molar-refractivity contribution in [3.63, 3.8) is 0 Å². The predicted octanol–water partition coefficient (Wildman–Crippen LogP) is 4.42. The van der Waals surface area contributed by atoms with Crippen LogP contribution in [0.1, 0.15) is 0 Å². The number of sulfone groups is 1. The maximum absolute atomic E-state index is 12.7. The monoisotopic (exact) mass is 496 g/mol. The number of nitrogens with one attached hydrogen (secondary N) is 1. The minimum atomic E-state index is -3.73. The van der Waals surface area contributed by atoms with Crippen molar-refractivity contribution >= 4 is 70.9 Å². The van der Waals surface area contributed by atoms with Crippen LogP contribution in [0.15, 0.2) is 50.8 Å². The molecule has 0 saturated carbocycles. The van der Waals surface area contributed by atoms with Crippen LogP contribution in [0.25, 0.3) is 10.9 Å². The Labute approximate surface area is 148 Å². The number of pyridine rings is 1. The summed E-state index contributed by atoms with van der Waals surface area (Å²) in [6.45, 7) is 0. The summed E-state index contributed by atoms with van der Waals surface area (Å²) in [6.07, 6.45) is 0. The van der Waals surface area contributed by atoms with E-state index in [2.05, 4.69) is 48.5 Å². The SMILES string of the molecule is O=S(=O)(c1ccccc1)c1nc(Cl)c2[nH]c(I)cc2c1Br. The first-order chi connectivity index (χ1) is 9.91. The number of hydrogen-bond donors (Lipinski definition) is 1. The van der Waals surface area contributed by atoms with E-state index in [0.717, 1.165) is 3.70 Å². The maximum Gasteiger partial charge on any atom is 0.225 e. The molecule has 0 aliphatic rings. The first-order valence-corrected chi connectivity index (χ1v) is 9.48. The van der Waals surface area contributed by atoms with Gasteiger partial charge in [-0.1, -0.05) is 29.8 Å². The van der Waals surface area contributed by atoms with Crippen molar-refractivity contribution in [2.24, 2.45) is 0 Å². The molecule has 0 bridgehead atoms. The van der Waals surface area contributed by atoms with Gasteiger partial charge in [-0.05, 0) is 56.7 Å². The largest absolute Gasteiger partial charge is 0.347 e. The van der Waals surface area contributed by atoms with Gasteiger partial charge in [0, 0.05) is 5.39 Å². The van der Waals surface area contributed by atoms with Gasteiger partial charge in [-0.15, -0.1) is 0 Å². The van der Waals surface area contributed by atoms with Gasteiger partial charge in [0.1, 0.15) is 0 Å². The second kappa shape index (κ2) is 5.53. The fraction of sp³-hybridized carbons (Fsp3) is 0. The lowest BCUT2D eigenvalue weighted by molar-refractivity contribution is 0.592. The molecule has 0 unspecified atom stereocenters. The Hall–Kier alpha value is -0.640. The Kier molecular flexibility index (Phi) is 4.02. The molecule has 108 valence electrons. The third-order valence-corrected chi connectivity index (χ3v) is 6.54. The van der Waals surface area contributed by atoms with Gasteiger partial charge in [0.15, 0.2) is 10.2 Å². The molecule has 0 aliphatic heterocycles. The van der Waals surface area contributed by atoms with Crippen molar-refractivity contribution in [1.82, 2.24) is 9.97 Å². The van der Waals surface area contributed by atoms with Crippen LogP contribution in [0.4, 0.5) is 0 Å². The zero-order valence-electron chi connectivity index (χ0n) is 10.3. The van der Waals surface area contributed by atoms with E-state index in [9.17, 15) is 8.42 Å². The summed E-state index contributed by atoms with van der Waals surface area (Å²) in [7, 11) is -3.73. The minimum absolute atomic E-state index is 0.0819. The zero-order valence-corrected chi connectivity index (χ0v) is 15.6. The van der Waals surface area contributed by atoms with Crippen molar-refractivity contribution in [2.75, 3.05) is 0 Å². The van der Waals surface area contributed by atoms with Crippen LogP contribution in [0.3, 0.4) is 0 Å². The summed E-state index contributed by atoms with van der Waals surface area (Å²) < 4.78 is 26.6. The van der Waals surface area contributed by atoms with Crippen LogP contribution in [0.5, 0.6) is 0 Å². The van der Waals surface area contributed by atoms with E-state index in [-0.39, 0.29) is 15.1 Å². The lowest BCUT2D eigenvalue weighted by Gasteiger charge is -2.07. The Morgan fingerprint density at radius 3 is 2.57 bits per heavy atom. The molecule has 0 spiro atoms. The summed E-state index contributed by atoms with van der Waals surface area (Å²) in [5.74, 6) is 0. The summed E-state index contributed by atoms with van der Waals surface area (Å²) in [4.78, 5) is 7.29. The number of fused-ring (bicyclic) bond motifs is 1. The lowest BCUT2D eigenvalue weighted by atomic mass is 10.3. The Morgan fingerprint density at radius 2 is 1.90 bits per heavy atom. The molecule has 0 radical (unpaired) electrons. The molecule has 2 heterocycles. The summed E-state index contributed by atoms with van der Waals surface area (Å²) >= 11 is 11.5. The van der Waals surface area contributed by atoms with Crippen LogP contribution in [0.2, 0.25) is 5.15 Å². The van der Waals surface area contributed by atoms with Crippen LogP contribution >= 0.6 is 50.1 Å². The molecule has 0 aliphatic carbocycles. The van der Waals surface area contributed by atoms with Gasteiger partial charge in [-0.3, -0.25) is 0 Å². The molecule has 21 heavy (non-hydrogen) atoms. The molecule has 3 aromatic rings. The number of nitrogens with zero attached hydrogens (tertiary/aromatic N) is 1. The molecule has 2 aromatic heterocycles. The van der Waals surface area contributed by atoms with E-state index in [1.165, 1.54) is 12.1 Å². The molecule has 1 N–H and O–H groups in total. The summed E-state index contributed by atoms with van der Waals surface area (Å²) in [5, 5.41) is 0.737. The zero-order chi connectivity index (χ0) is 15.2. The average molecular weight is 498 g/mol. The fourth-order valence-corrected chi connectivity index (χ4v) is 5.16. The molecular weight excluding hydrogens is 490 g/mol. The molecule has 0 amide bonds. The second-order valence-electron chi connectivity index (χ2n) is 4.24.